The summed E-state index contributed by atoms with van der Waals surface area (Å²) < 4.78 is 10.6. The van der Waals surface area contributed by atoms with Crippen LogP contribution in [0.25, 0.3) is 0 Å². The van der Waals surface area contributed by atoms with Gasteiger partial charge < -0.3 is 29.9 Å². The van der Waals surface area contributed by atoms with Crippen molar-refractivity contribution in [1.82, 2.24) is 10.2 Å². The zero-order valence-electron chi connectivity index (χ0n) is 19.2. The van der Waals surface area contributed by atoms with E-state index < -0.39 is 23.5 Å². The number of aromatic hydroxyl groups is 1. The number of likely N-dealkylation sites (tertiary alicyclic amines) is 1. The lowest BCUT2D eigenvalue weighted by Gasteiger charge is -2.35. The molecule has 0 bridgehead atoms. The molecule has 0 radical (unpaired) electrons. The number of esters is 1. The molecule has 9 nitrogen and oxygen atoms in total. The maximum atomic E-state index is 13.5. The fourth-order valence-electron chi connectivity index (χ4n) is 3.71. The van der Waals surface area contributed by atoms with Crippen LogP contribution in [0.15, 0.2) is 24.3 Å². The molecule has 3 atom stereocenters. The van der Waals surface area contributed by atoms with Crippen molar-refractivity contribution < 1.29 is 34.1 Å². The molecule has 9 heteroatoms. The number of carbonyl (C=O) groups excluding carboxylic acids is 3. The van der Waals surface area contributed by atoms with Crippen LogP contribution < -0.4 is 5.32 Å². The van der Waals surface area contributed by atoms with Crippen LogP contribution in [0.2, 0.25) is 0 Å². The third-order valence-electron chi connectivity index (χ3n) is 5.37. The van der Waals surface area contributed by atoms with Crippen molar-refractivity contribution >= 4 is 17.8 Å². The minimum absolute atomic E-state index is 0.00157. The Kier molecular flexibility index (Phi) is 9.03. The number of aliphatic hydroxyl groups is 1. The maximum Gasteiger partial charge on any atom is 0.328 e. The number of nitrogens with one attached hydrogen (secondary N) is 1. The van der Waals surface area contributed by atoms with Gasteiger partial charge in [0.1, 0.15) is 17.8 Å². The van der Waals surface area contributed by atoms with Crippen LogP contribution in [0.5, 0.6) is 5.75 Å². The third-order valence-corrected chi connectivity index (χ3v) is 5.37. The number of aliphatic hydroxyl groups excluding tert-OH is 1. The summed E-state index contributed by atoms with van der Waals surface area (Å²) in [5.41, 5.74) is -0.00390. The van der Waals surface area contributed by atoms with Crippen molar-refractivity contribution in [2.45, 2.75) is 58.2 Å². The summed E-state index contributed by atoms with van der Waals surface area (Å²) in [5.74, 6) is -1.23. The van der Waals surface area contributed by atoms with E-state index in [1.165, 1.54) is 24.1 Å². The number of nitrogens with zero attached hydrogens (tertiary/aromatic N) is 1. The second kappa shape index (κ2) is 11.3. The van der Waals surface area contributed by atoms with Crippen molar-refractivity contribution in [3.8, 4) is 5.75 Å². The first kappa shape index (κ1) is 25.6. The van der Waals surface area contributed by atoms with E-state index >= 15 is 0 Å². The van der Waals surface area contributed by atoms with Gasteiger partial charge in [-0.25, -0.2) is 4.79 Å². The first-order valence-electron chi connectivity index (χ1n) is 10.7. The van der Waals surface area contributed by atoms with E-state index in [0.717, 1.165) is 0 Å². The summed E-state index contributed by atoms with van der Waals surface area (Å²) in [6.07, 6.45) is 0.390. The molecule has 178 valence electrons. The molecule has 1 fully saturated rings. The topological polar surface area (TPSA) is 125 Å². The van der Waals surface area contributed by atoms with Crippen molar-refractivity contribution in [3.05, 3.63) is 29.8 Å². The Morgan fingerprint density at radius 2 is 2.00 bits per heavy atom. The number of methoxy groups -OCH3 is 1. The van der Waals surface area contributed by atoms with E-state index in [-0.39, 0.29) is 49.7 Å². The average molecular weight is 451 g/mol. The molecule has 1 aromatic rings. The Balaban J connectivity index is 2.16. The Morgan fingerprint density at radius 3 is 2.59 bits per heavy atom. The van der Waals surface area contributed by atoms with Gasteiger partial charge in [0.25, 0.3) is 0 Å². The van der Waals surface area contributed by atoms with E-state index in [4.69, 9.17) is 14.6 Å². The van der Waals surface area contributed by atoms with E-state index in [1.807, 2.05) is 20.8 Å². The Bertz CT molecular complexity index is 806. The predicted octanol–water partition coefficient (Wildman–Crippen LogP) is 1.01. The van der Waals surface area contributed by atoms with Crippen molar-refractivity contribution in [2.75, 3.05) is 26.9 Å². The summed E-state index contributed by atoms with van der Waals surface area (Å²) in [7, 11) is 1.27. The van der Waals surface area contributed by atoms with Gasteiger partial charge in [-0.2, -0.15) is 0 Å². The zero-order chi connectivity index (χ0) is 23.9. The molecule has 2 rings (SSSR count). The van der Waals surface area contributed by atoms with Crippen LogP contribution >= 0.6 is 0 Å². The largest absolute Gasteiger partial charge is 0.508 e. The van der Waals surface area contributed by atoms with Gasteiger partial charge in [0.15, 0.2) is 0 Å². The van der Waals surface area contributed by atoms with Gasteiger partial charge in [0, 0.05) is 26.2 Å². The van der Waals surface area contributed by atoms with Crippen LogP contribution in [0.1, 0.15) is 39.2 Å². The number of amides is 2. The highest BCUT2D eigenvalue weighted by atomic mass is 16.5. The predicted molar refractivity (Wildman–Crippen MR) is 117 cm³/mol. The number of phenolic OH excluding ortho intramolecular Hbond substituents is 1. The van der Waals surface area contributed by atoms with Crippen LogP contribution in [0, 0.1) is 5.41 Å². The first-order chi connectivity index (χ1) is 15.1. The second-order valence-electron chi connectivity index (χ2n) is 9.05. The third kappa shape index (κ3) is 6.93. The number of rotatable bonds is 9. The van der Waals surface area contributed by atoms with E-state index in [1.54, 1.807) is 12.1 Å². The van der Waals surface area contributed by atoms with Gasteiger partial charge in [0.2, 0.25) is 11.8 Å². The van der Waals surface area contributed by atoms with Gasteiger partial charge >= 0.3 is 5.97 Å². The number of hydrogen-bond donors (Lipinski definition) is 3. The van der Waals surface area contributed by atoms with E-state index in [9.17, 15) is 19.5 Å². The summed E-state index contributed by atoms with van der Waals surface area (Å²) in [4.78, 5) is 40.0. The molecular weight excluding hydrogens is 416 g/mol. The van der Waals surface area contributed by atoms with Gasteiger partial charge in [-0.15, -0.1) is 0 Å². The molecular formula is C23H34N2O7. The molecule has 1 saturated heterocycles. The fraction of sp³-hybridized carbons (Fsp3) is 0.609. The highest BCUT2D eigenvalue weighted by molar-refractivity contribution is 5.92. The molecule has 0 saturated carbocycles. The zero-order valence-corrected chi connectivity index (χ0v) is 19.2. The Hall–Kier alpha value is -2.65. The number of hydrogen-bond acceptors (Lipinski definition) is 7. The van der Waals surface area contributed by atoms with E-state index in [0.29, 0.717) is 18.6 Å². The van der Waals surface area contributed by atoms with Crippen molar-refractivity contribution in [1.29, 1.82) is 0 Å². The summed E-state index contributed by atoms with van der Waals surface area (Å²) in [6, 6.07) is 4.69. The molecule has 2 amide bonds. The smallest absolute Gasteiger partial charge is 0.328 e. The quantitative estimate of drug-likeness (QED) is 0.379. The lowest BCUT2D eigenvalue weighted by atomic mass is 9.85. The van der Waals surface area contributed by atoms with E-state index in [2.05, 4.69) is 5.32 Å². The van der Waals surface area contributed by atoms with Gasteiger partial charge in [0.05, 0.1) is 19.6 Å². The average Bonchev–Trinajstić information content (AvgIpc) is 3.14. The van der Waals surface area contributed by atoms with Crippen LogP contribution in [0.3, 0.4) is 0 Å². The molecule has 0 spiro atoms. The molecule has 0 unspecified atom stereocenters. The van der Waals surface area contributed by atoms with Crippen molar-refractivity contribution in [3.63, 3.8) is 0 Å². The number of carbonyl (C=O) groups is 3. The van der Waals surface area contributed by atoms with Gasteiger partial charge in [-0.3, -0.25) is 9.59 Å². The number of phenols is 1. The Labute approximate surface area is 188 Å². The minimum Gasteiger partial charge on any atom is -0.508 e. The standard InChI is InChI=1S/C23H34N2O7/c1-23(2,3)20(24-19(28)12-15-7-5-8-16(27)11-15)21(29)25-14-17(32-10-6-9-26)13-18(25)22(30)31-4/h5,7-8,11,17-18,20,26-27H,6,9-10,12-14H2,1-4H3,(H,24,28)/t17-,18+,20-/m1/s1. The second-order valence-corrected chi connectivity index (χ2v) is 9.05. The lowest BCUT2D eigenvalue weighted by Crippen LogP contribution is -2.57. The maximum absolute atomic E-state index is 13.5. The van der Waals surface area contributed by atoms with Crippen LogP contribution in [-0.4, -0.2) is 78.0 Å². The van der Waals surface area contributed by atoms with Gasteiger partial charge in [-0.05, 0) is 29.5 Å². The molecule has 0 aromatic heterocycles. The number of benzene rings is 1. The summed E-state index contributed by atoms with van der Waals surface area (Å²) in [5, 5.41) is 21.4. The molecule has 3 N–H and O–H groups in total. The highest BCUT2D eigenvalue weighted by Gasteiger charge is 2.45. The SMILES string of the molecule is COC(=O)[C@@H]1C[C@@H](OCCCO)CN1C(=O)[C@@H](NC(=O)Cc1cccc(O)c1)C(C)(C)C. The van der Waals surface area contributed by atoms with Crippen molar-refractivity contribution in [2.24, 2.45) is 5.41 Å². The highest BCUT2D eigenvalue weighted by Crippen LogP contribution is 2.28. The van der Waals surface area contributed by atoms with Crippen LogP contribution in [0.4, 0.5) is 0 Å². The molecule has 0 aliphatic carbocycles. The Morgan fingerprint density at radius 1 is 1.28 bits per heavy atom. The molecule has 32 heavy (non-hydrogen) atoms. The minimum atomic E-state index is -0.879. The first-order valence-corrected chi connectivity index (χ1v) is 10.7. The fourth-order valence-corrected chi connectivity index (χ4v) is 3.71. The number of ether oxygens (including phenoxy) is 2. The molecule has 1 heterocycles. The molecule has 1 aliphatic rings. The summed E-state index contributed by atoms with van der Waals surface area (Å²) in [6.45, 7) is 6.01. The summed E-state index contributed by atoms with van der Waals surface area (Å²) >= 11 is 0. The normalized spacial score (nSPS) is 19.5. The molecule has 1 aliphatic heterocycles. The van der Waals surface area contributed by atoms with Crippen LogP contribution in [-0.2, 0) is 30.3 Å². The monoisotopic (exact) mass is 450 g/mol. The molecule has 1 aromatic carbocycles. The lowest BCUT2D eigenvalue weighted by molar-refractivity contribution is -0.153. The van der Waals surface area contributed by atoms with Gasteiger partial charge in [-0.1, -0.05) is 32.9 Å².